The van der Waals surface area contributed by atoms with E-state index in [9.17, 15) is 9.59 Å². The Balaban J connectivity index is 1.83. The molecular formula is C23H27N3O2. The van der Waals surface area contributed by atoms with Gasteiger partial charge in [0, 0.05) is 35.9 Å². The largest absolute Gasteiger partial charge is 0.347 e. The number of carbonyl (C=O) groups excluding carboxylic acids is 2. The van der Waals surface area contributed by atoms with Crippen LogP contribution in [0.3, 0.4) is 0 Å². The van der Waals surface area contributed by atoms with Crippen LogP contribution in [-0.2, 0) is 11.3 Å². The third-order valence-electron chi connectivity index (χ3n) is 4.89. The number of hydrogen-bond donors (Lipinski definition) is 1. The average Bonchev–Trinajstić information content (AvgIpc) is 3.08. The van der Waals surface area contributed by atoms with Crippen LogP contribution >= 0.6 is 0 Å². The molecule has 1 aromatic heterocycles. The second-order valence-electron chi connectivity index (χ2n) is 6.94. The number of nitrogens with one attached hydrogen (secondary N) is 1. The quantitative estimate of drug-likeness (QED) is 0.661. The number of aromatic nitrogens is 1. The number of hydrogen-bond acceptors (Lipinski definition) is 2. The van der Waals surface area contributed by atoms with Crippen molar-refractivity contribution in [2.45, 2.75) is 33.7 Å². The first-order valence-corrected chi connectivity index (χ1v) is 9.77. The van der Waals surface area contributed by atoms with Crippen molar-refractivity contribution in [1.29, 1.82) is 0 Å². The third-order valence-corrected chi connectivity index (χ3v) is 4.89. The van der Waals surface area contributed by atoms with E-state index in [0.29, 0.717) is 12.1 Å². The molecule has 5 heteroatoms. The lowest BCUT2D eigenvalue weighted by atomic mass is 10.1. The number of para-hydroxylation sites is 2. The van der Waals surface area contributed by atoms with Gasteiger partial charge in [-0.1, -0.05) is 43.3 Å². The monoisotopic (exact) mass is 377 g/mol. The lowest BCUT2D eigenvalue weighted by Gasteiger charge is -2.21. The minimum atomic E-state index is -0.185. The van der Waals surface area contributed by atoms with E-state index in [-0.39, 0.29) is 18.4 Å². The standard InChI is InChI=1S/C23H27N3O2/c1-4-14-26(16-22(27)24-20-12-8-6-10-17(20)3)23(28)19-15-25(5-2)21-13-9-7-11-18(19)21/h6-13,15H,4-5,14,16H2,1-3H3,(H,24,27). The van der Waals surface area contributed by atoms with Gasteiger partial charge in [0.15, 0.2) is 0 Å². The predicted molar refractivity (Wildman–Crippen MR) is 114 cm³/mol. The van der Waals surface area contributed by atoms with Crippen molar-refractivity contribution < 1.29 is 9.59 Å². The molecule has 0 aliphatic rings. The van der Waals surface area contributed by atoms with E-state index in [4.69, 9.17) is 0 Å². The third kappa shape index (κ3) is 4.09. The second kappa shape index (κ2) is 8.74. The maximum Gasteiger partial charge on any atom is 0.256 e. The molecule has 0 fully saturated rings. The topological polar surface area (TPSA) is 54.3 Å². The van der Waals surface area contributed by atoms with Crippen molar-refractivity contribution in [3.05, 3.63) is 65.9 Å². The van der Waals surface area contributed by atoms with Gasteiger partial charge in [-0.05, 0) is 38.0 Å². The van der Waals surface area contributed by atoms with Crippen molar-refractivity contribution in [3.63, 3.8) is 0 Å². The van der Waals surface area contributed by atoms with Crippen LogP contribution in [0.2, 0.25) is 0 Å². The van der Waals surface area contributed by atoms with Crippen LogP contribution in [0.1, 0.15) is 36.2 Å². The maximum absolute atomic E-state index is 13.3. The Morgan fingerprint density at radius 2 is 1.75 bits per heavy atom. The minimum Gasteiger partial charge on any atom is -0.347 e. The summed E-state index contributed by atoms with van der Waals surface area (Å²) in [4.78, 5) is 27.5. The molecule has 3 aromatic rings. The second-order valence-corrected chi connectivity index (χ2v) is 6.94. The number of nitrogens with zero attached hydrogens (tertiary/aromatic N) is 2. The Labute approximate surface area is 166 Å². The van der Waals surface area contributed by atoms with E-state index in [1.165, 1.54) is 0 Å². The Bertz CT molecular complexity index is 990. The van der Waals surface area contributed by atoms with E-state index in [2.05, 4.69) is 16.8 Å². The number of anilines is 1. The fourth-order valence-electron chi connectivity index (χ4n) is 3.45. The highest BCUT2D eigenvalue weighted by molar-refractivity contribution is 6.08. The number of rotatable bonds is 7. The first kappa shape index (κ1) is 19.7. The fourth-order valence-corrected chi connectivity index (χ4v) is 3.45. The van der Waals surface area contributed by atoms with E-state index in [0.717, 1.165) is 35.1 Å². The van der Waals surface area contributed by atoms with Crippen LogP contribution in [0.4, 0.5) is 5.69 Å². The SMILES string of the molecule is CCCN(CC(=O)Nc1ccccc1C)C(=O)c1cn(CC)c2ccccc12. The Hall–Kier alpha value is -3.08. The molecule has 0 radical (unpaired) electrons. The molecule has 1 heterocycles. The van der Waals surface area contributed by atoms with Crippen molar-refractivity contribution >= 4 is 28.4 Å². The zero-order valence-electron chi connectivity index (χ0n) is 16.7. The molecular weight excluding hydrogens is 350 g/mol. The summed E-state index contributed by atoms with van der Waals surface area (Å²) in [6, 6.07) is 15.5. The molecule has 0 aliphatic carbocycles. The van der Waals surface area contributed by atoms with Gasteiger partial charge in [0.1, 0.15) is 6.54 Å². The first-order chi connectivity index (χ1) is 13.5. The van der Waals surface area contributed by atoms with Crippen LogP contribution in [0.25, 0.3) is 10.9 Å². The summed E-state index contributed by atoms with van der Waals surface area (Å²) >= 11 is 0. The van der Waals surface area contributed by atoms with Gasteiger partial charge in [0.05, 0.1) is 5.56 Å². The Morgan fingerprint density at radius 1 is 1.04 bits per heavy atom. The highest BCUT2D eigenvalue weighted by Crippen LogP contribution is 2.23. The summed E-state index contributed by atoms with van der Waals surface area (Å²) in [5.74, 6) is -0.291. The number of benzene rings is 2. The van der Waals surface area contributed by atoms with E-state index in [1.54, 1.807) is 4.90 Å². The molecule has 0 aliphatic heterocycles. The molecule has 0 saturated heterocycles. The van der Waals surface area contributed by atoms with Crippen LogP contribution in [-0.4, -0.2) is 34.4 Å². The van der Waals surface area contributed by atoms with Crippen LogP contribution < -0.4 is 5.32 Å². The lowest BCUT2D eigenvalue weighted by molar-refractivity contribution is -0.116. The van der Waals surface area contributed by atoms with Crippen molar-refractivity contribution in [3.8, 4) is 0 Å². The summed E-state index contributed by atoms with van der Waals surface area (Å²) in [6.07, 6.45) is 2.69. The van der Waals surface area contributed by atoms with E-state index < -0.39 is 0 Å². The molecule has 28 heavy (non-hydrogen) atoms. The molecule has 5 nitrogen and oxygen atoms in total. The van der Waals surface area contributed by atoms with Gasteiger partial charge in [-0.3, -0.25) is 9.59 Å². The molecule has 0 bridgehead atoms. The summed E-state index contributed by atoms with van der Waals surface area (Å²) in [5, 5.41) is 3.85. The molecule has 2 aromatic carbocycles. The summed E-state index contributed by atoms with van der Waals surface area (Å²) in [6.45, 7) is 7.37. The van der Waals surface area contributed by atoms with Gasteiger partial charge >= 0.3 is 0 Å². The molecule has 0 atom stereocenters. The molecule has 0 spiro atoms. The zero-order valence-corrected chi connectivity index (χ0v) is 16.7. The molecule has 0 saturated carbocycles. The van der Waals surface area contributed by atoms with Crippen molar-refractivity contribution in [2.24, 2.45) is 0 Å². The smallest absolute Gasteiger partial charge is 0.256 e. The fraction of sp³-hybridized carbons (Fsp3) is 0.304. The van der Waals surface area contributed by atoms with Gasteiger partial charge in [0.25, 0.3) is 5.91 Å². The highest BCUT2D eigenvalue weighted by Gasteiger charge is 2.22. The van der Waals surface area contributed by atoms with Crippen molar-refractivity contribution in [2.75, 3.05) is 18.4 Å². The summed E-state index contributed by atoms with van der Waals surface area (Å²) in [5.41, 5.74) is 3.46. The van der Waals surface area contributed by atoms with Crippen LogP contribution in [0.5, 0.6) is 0 Å². The number of aryl methyl sites for hydroxylation is 2. The summed E-state index contributed by atoms with van der Waals surface area (Å²) < 4.78 is 2.07. The van der Waals surface area contributed by atoms with Gasteiger partial charge in [-0.25, -0.2) is 0 Å². The zero-order chi connectivity index (χ0) is 20.1. The van der Waals surface area contributed by atoms with Gasteiger partial charge in [0.2, 0.25) is 5.91 Å². The molecule has 0 unspecified atom stereocenters. The Kier molecular flexibility index (Phi) is 6.14. The van der Waals surface area contributed by atoms with Gasteiger partial charge in [-0.2, -0.15) is 0 Å². The van der Waals surface area contributed by atoms with E-state index in [1.807, 2.05) is 68.6 Å². The van der Waals surface area contributed by atoms with Crippen molar-refractivity contribution in [1.82, 2.24) is 9.47 Å². The number of amides is 2. The predicted octanol–water partition coefficient (Wildman–Crippen LogP) is 4.46. The molecule has 3 rings (SSSR count). The molecule has 1 N–H and O–H groups in total. The van der Waals surface area contributed by atoms with Gasteiger partial charge < -0.3 is 14.8 Å². The maximum atomic E-state index is 13.3. The van der Waals surface area contributed by atoms with Gasteiger partial charge in [-0.15, -0.1) is 0 Å². The van der Waals surface area contributed by atoms with E-state index >= 15 is 0 Å². The first-order valence-electron chi connectivity index (χ1n) is 9.77. The highest BCUT2D eigenvalue weighted by atomic mass is 16.2. The number of carbonyl (C=O) groups is 2. The average molecular weight is 377 g/mol. The lowest BCUT2D eigenvalue weighted by Crippen LogP contribution is -2.38. The minimum absolute atomic E-state index is 0.0344. The van der Waals surface area contributed by atoms with Crippen LogP contribution in [0, 0.1) is 6.92 Å². The molecule has 2 amide bonds. The normalized spacial score (nSPS) is 10.8. The van der Waals surface area contributed by atoms with Crippen LogP contribution in [0.15, 0.2) is 54.7 Å². The molecule has 146 valence electrons. The Morgan fingerprint density at radius 3 is 2.46 bits per heavy atom. The number of fused-ring (bicyclic) bond motifs is 1. The summed E-state index contributed by atoms with van der Waals surface area (Å²) in [7, 11) is 0.